The fourth-order valence-electron chi connectivity index (χ4n) is 3.59. The normalized spacial score (nSPS) is 11.8. The lowest BCUT2D eigenvalue weighted by atomic mass is 10.0. The Morgan fingerprint density at radius 1 is 1.00 bits per heavy atom. The van der Waals surface area contributed by atoms with E-state index in [0.717, 1.165) is 11.1 Å². The standard InChI is InChI=1S/C29H32FN3O4/c1-5-36-26-16-21(13-14-25(26)37-18-22-10-8-9-20(4)15-22)17-31-33-29(35)27(19(2)3)32-28(34)23-11-6-7-12-24(23)30/h6-17,19,27H,5,18H2,1-4H3,(H,32,34)(H,33,35)/b31-17+. The first-order valence-electron chi connectivity index (χ1n) is 12.1. The van der Waals surface area contributed by atoms with E-state index in [4.69, 9.17) is 9.47 Å². The Morgan fingerprint density at radius 2 is 1.78 bits per heavy atom. The molecule has 7 nitrogen and oxygen atoms in total. The van der Waals surface area contributed by atoms with Crippen LogP contribution < -0.4 is 20.2 Å². The van der Waals surface area contributed by atoms with Crippen molar-refractivity contribution in [1.29, 1.82) is 0 Å². The van der Waals surface area contributed by atoms with Crippen molar-refractivity contribution in [3.05, 3.63) is 94.8 Å². The number of nitrogens with one attached hydrogen (secondary N) is 2. The van der Waals surface area contributed by atoms with Crippen molar-refractivity contribution < 1.29 is 23.5 Å². The Balaban J connectivity index is 1.64. The van der Waals surface area contributed by atoms with Crippen LogP contribution >= 0.6 is 0 Å². The van der Waals surface area contributed by atoms with Gasteiger partial charge in [-0.3, -0.25) is 9.59 Å². The second-order valence-electron chi connectivity index (χ2n) is 8.83. The summed E-state index contributed by atoms with van der Waals surface area (Å²) < 4.78 is 25.6. The molecule has 0 saturated heterocycles. The number of hydrogen-bond acceptors (Lipinski definition) is 5. The molecule has 2 N–H and O–H groups in total. The molecule has 194 valence electrons. The van der Waals surface area contributed by atoms with E-state index in [-0.39, 0.29) is 11.5 Å². The van der Waals surface area contributed by atoms with E-state index in [1.165, 1.54) is 24.4 Å². The number of halogens is 1. The summed E-state index contributed by atoms with van der Waals surface area (Å²) >= 11 is 0. The molecule has 0 aliphatic heterocycles. The molecule has 3 rings (SSSR count). The van der Waals surface area contributed by atoms with E-state index in [2.05, 4.69) is 21.9 Å². The number of hydrazone groups is 1. The number of rotatable bonds is 11. The maximum atomic E-state index is 13.9. The lowest BCUT2D eigenvalue weighted by molar-refractivity contribution is -0.123. The third-order valence-electron chi connectivity index (χ3n) is 5.49. The smallest absolute Gasteiger partial charge is 0.262 e. The Labute approximate surface area is 216 Å². The van der Waals surface area contributed by atoms with Crippen molar-refractivity contribution in [2.24, 2.45) is 11.0 Å². The number of amides is 2. The lowest BCUT2D eigenvalue weighted by Crippen LogP contribution is -2.48. The maximum absolute atomic E-state index is 13.9. The zero-order valence-electron chi connectivity index (χ0n) is 21.5. The van der Waals surface area contributed by atoms with Gasteiger partial charge < -0.3 is 14.8 Å². The van der Waals surface area contributed by atoms with Gasteiger partial charge >= 0.3 is 0 Å². The molecule has 0 saturated carbocycles. The van der Waals surface area contributed by atoms with Crippen molar-refractivity contribution in [2.45, 2.75) is 40.3 Å². The largest absolute Gasteiger partial charge is 0.490 e. The molecule has 0 heterocycles. The van der Waals surface area contributed by atoms with Crippen molar-refractivity contribution >= 4 is 18.0 Å². The van der Waals surface area contributed by atoms with Crippen LogP contribution in [-0.2, 0) is 11.4 Å². The van der Waals surface area contributed by atoms with Gasteiger partial charge in [-0.15, -0.1) is 0 Å². The highest BCUT2D eigenvalue weighted by atomic mass is 19.1. The van der Waals surface area contributed by atoms with Crippen LogP contribution in [0.1, 0.15) is 47.8 Å². The van der Waals surface area contributed by atoms with Crippen molar-refractivity contribution in [3.63, 3.8) is 0 Å². The van der Waals surface area contributed by atoms with Gasteiger partial charge in [0.05, 0.1) is 18.4 Å². The molecule has 0 bridgehead atoms. The third kappa shape index (κ3) is 7.90. The number of aryl methyl sites for hydroxylation is 1. The van der Waals surface area contributed by atoms with Crippen LogP contribution in [0, 0.1) is 18.7 Å². The number of nitrogens with zero attached hydrogens (tertiary/aromatic N) is 1. The van der Waals surface area contributed by atoms with Crippen molar-refractivity contribution in [3.8, 4) is 11.5 Å². The minimum atomic E-state index is -0.902. The third-order valence-corrected chi connectivity index (χ3v) is 5.49. The Bertz CT molecular complexity index is 1260. The Kier molecular flexibility index (Phi) is 9.77. The number of hydrogen-bond donors (Lipinski definition) is 2. The molecule has 0 aliphatic rings. The summed E-state index contributed by atoms with van der Waals surface area (Å²) in [6, 6.07) is 18.1. The molecular weight excluding hydrogens is 473 g/mol. The van der Waals surface area contributed by atoms with E-state index in [1.807, 2.05) is 32.0 Å². The first-order valence-corrected chi connectivity index (χ1v) is 12.1. The molecule has 2 amide bonds. The summed E-state index contributed by atoms with van der Waals surface area (Å²) in [5, 5.41) is 6.62. The summed E-state index contributed by atoms with van der Waals surface area (Å²) in [6.45, 7) is 8.32. The predicted octanol–water partition coefficient (Wildman–Crippen LogP) is 5.02. The molecular formula is C29H32FN3O4. The van der Waals surface area contributed by atoms with Crippen molar-refractivity contribution in [1.82, 2.24) is 10.7 Å². The summed E-state index contributed by atoms with van der Waals surface area (Å²) in [6.07, 6.45) is 1.47. The number of ether oxygens (including phenoxy) is 2. The average molecular weight is 506 g/mol. The SMILES string of the molecule is CCOc1cc(/C=N/NC(=O)C(NC(=O)c2ccccc2F)C(C)C)ccc1OCc1cccc(C)c1. The predicted molar refractivity (Wildman–Crippen MR) is 141 cm³/mol. The molecule has 0 spiro atoms. The van der Waals surface area contributed by atoms with Gasteiger partial charge in [0.1, 0.15) is 18.5 Å². The maximum Gasteiger partial charge on any atom is 0.262 e. The molecule has 0 radical (unpaired) electrons. The highest BCUT2D eigenvalue weighted by Gasteiger charge is 2.25. The molecule has 0 aliphatic carbocycles. The van der Waals surface area contributed by atoms with Crippen LogP contribution in [-0.4, -0.2) is 30.7 Å². The Morgan fingerprint density at radius 3 is 2.49 bits per heavy atom. The zero-order valence-corrected chi connectivity index (χ0v) is 21.5. The molecule has 0 aromatic heterocycles. The van der Waals surface area contributed by atoms with Gasteiger partial charge in [0.2, 0.25) is 0 Å². The molecule has 1 atom stereocenters. The zero-order chi connectivity index (χ0) is 26.8. The van der Waals surface area contributed by atoms with Crippen LogP contribution in [0.25, 0.3) is 0 Å². The molecule has 1 unspecified atom stereocenters. The van der Waals surface area contributed by atoms with Crippen LogP contribution in [0.3, 0.4) is 0 Å². The number of benzene rings is 3. The fraction of sp³-hybridized carbons (Fsp3) is 0.276. The summed E-state index contributed by atoms with van der Waals surface area (Å²) in [5.74, 6) is -0.932. The van der Waals surface area contributed by atoms with E-state index in [0.29, 0.717) is 30.3 Å². The summed E-state index contributed by atoms with van der Waals surface area (Å²) in [5.41, 5.74) is 5.22. The topological polar surface area (TPSA) is 89.0 Å². The van der Waals surface area contributed by atoms with E-state index < -0.39 is 23.7 Å². The van der Waals surface area contributed by atoms with Gasteiger partial charge in [-0.1, -0.05) is 55.8 Å². The van der Waals surface area contributed by atoms with Gasteiger partial charge in [0, 0.05) is 0 Å². The monoisotopic (exact) mass is 505 g/mol. The Hall–Kier alpha value is -4.20. The van der Waals surface area contributed by atoms with Crippen molar-refractivity contribution in [2.75, 3.05) is 6.61 Å². The van der Waals surface area contributed by atoms with Gasteiger partial charge in [-0.2, -0.15) is 5.10 Å². The lowest BCUT2D eigenvalue weighted by Gasteiger charge is -2.20. The molecule has 8 heteroatoms. The minimum absolute atomic E-state index is 0.127. The second kappa shape index (κ2) is 13.2. The van der Waals surface area contributed by atoms with E-state index in [9.17, 15) is 14.0 Å². The van der Waals surface area contributed by atoms with Gasteiger partial charge in [-0.25, -0.2) is 9.82 Å². The van der Waals surface area contributed by atoms with Crippen LogP contribution in [0.2, 0.25) is 0 Å². The number of carbonyl (C=O) groups excluding carboxylic acids is 2. The molecule has 37 heavy (non-hydrogen) atoms. The van der Waals surface area contributed by atoms with Gasteiger partial charge in [0.15, 0.2) is 11.5 Å². The van der Waals surface area contributed by atoms with Crippen LogP contribution in [0.15, 0.2) is 71.8 Å². The number of carbonyl (C=O) groups is 2. The summed E-state index contributed by atoms with van der Waals surface area (Å²) in [4.78, 5) is 25.2. The summed E-state index contributed by atoms with van der Waals surface area (Å²) in [7, 11) is 0. The second-order valence-corrected chi connectivity index (χ2v) is 8.83. The van der Waals surface area contributed by atoms with Crippen LogP contribution in [0.5, 0.6) is 11.5 Å². The van der Waals surface area contributed by atoms with Crippen LogP contribution in [0.4, 0.5) is 4.39 Å². The fourth-order valence-corrected chi connectivity index (χ4v) is 3.59. The molecule has 0 fully saturated rings. The van der Waals surface area contributed by atoms with E-state index in [1.54, 1.807) is 38.1 Å². The highest BCUT2D eigenvalue weighted by Crippen LogP contribution is 2.29. The van der Waals surface area contributed by atoms with Gasteiger partial charge in [0.25, 0.3) is 11.8 Å². The molecule has 3 aromatic carbocycles. The molecule has 3 aromatic rings. The first kappa shape index (κ1) is 27.4. The first-order chi connectivity index (χ1) is 17.8. The average Bonchev–Trinajstić information content (AvgIpc) is 2.87. The van der Waals surface area contributed by atoms with Gasteiger partial charge in [-0.05, 0) is 61.2 Å². The minimum Gasteiger partial charge on any atom is -0.490 e. The highest BCUT2D eigenvalue weighted by molar-refractivity contribution is 5.98. The quantitative estimate of drug-likeness (QED) is 0.283. The van der Waals surface area contributed by atoms with E-state index >= 15 is 0 Å².